The van der Waals surface area contributed by atoms with Gasteiger partial charge in [-0.15, -0.1) is 0 Å². The van der Waals surface area contributed by atoms with E-state index in [1.54, 1.807) is 6.20 Å². The summed E-state index contributed by atoms with van der Waals surface area (Å²) in [5.41, 5.74) is 5.23. The lowest BCUT2D eigenvalue weighted by molar-refractivity contribution is 1.18. The average Bonchev–Trinajstić information content (AvgIpc) is 3.11. The smallest absolute Gasteiger partial charge is 0.261 e. The number of hydrogen-bond donors (Lipinski definition) is 0. The van der Waals surface area contributed by atoms with Crippen LogP contribution in [0.1, 0.15) is 0 Å². The minimum Gasteiger partial charge on any atom is -0.261 e. The van der Waals surface area contributed by atoms with E-state index < -0.39 is 8.07 Å². The first-order chi connectivity index (χ1) is 21.3. The molecule has 204 valence electrons. The highest BCUT2D eigenvalue weighted by atomic mass is 28.3. The third kappa shape index (κ3) is 5.02. The van der Waals surface area contributed by atoms with Gasteiger partial charge in [0.15, 0.2) is 5.82 Å². The Morgan fingerprint density at radius 3 is 1.67 bits per heavy atom. The third-order valence-corrected chi connectivity index (χ3v) is 11.6. The van der Waals surface area contributed by atoms with Gasteiger partial charge in [0.05, 0.1) is 22.9 Å². The van der Waals surface area contributed by atoms with E-state index in [1.165, 1.54) is 0 Å². The summed E-state index contributed by atoms with van der Waals surface area (Å²) in [7, 11) is -3.34. The average molecular weight is 571 g/mol. The Hall–Kier alpha value is -5.66. The summed E-state index contributed by atoms with van der Waals surface area (Å²) in [4.78, 5) is 30.2. The first kappa shape index (κ1) is 26.2. The van der Waals surface area contributed by atoms with Crippen molar-refractivity contribution in [2.45, 2.75) is 0 Å². The first-order valence-electron chi connectivity index (χ1n) is 14.0. The Bertz CT molecular complexity index is 1770. The van der Waals surface area contributed by atoms with Crippen LogP contribution in [0.4, 0.5) is 0 Å². The van der Waals surface area contributed by atoms with Crippen molar-refractivity contribution in [3.05, 3.63) is 158 Å². The fourth-order valence-electron chi connectivity index (χ4n) is 5.37. The molecule has 0 radical (unpaired) electrons. The van der Waals surface area contributed by atoms with E-state index in [0.29, 0.717) is 11.3 Å². The lowest BCUT2D eigenvalue weighted by atomic mass is 10.1. The zero-order chi connectivity index (χ0) is 28.9. The van der Waals surface area contributed by atoms with Crippen LogP contribution in [0.15, 0.2) is 158 Å². The fourth-order valence-corrected chi connectivity index (χ4v) is 9.34. The third-order valence-electron chi connectivity index (χ3n) is 7.43. The van der Waals surface area contributed by atoms with E-state index in [2.05, 4.69) is 29.2 Å². The van der Waals surface area contributed by atoms with E-state index in [1.807, 2.05) is 128 Å². The van der Waals surface area contributed by atoms with Crippen molar-refractivity contribution in [3.63, 3.8) is 0 Å². The van der Waals surface area contributed by atoms with Gasteiger partial charge in [-0.1, -0.05) is 121 Å². The maximum Gasteiger partial charge on any atom is 0.269 e. The van der Waals surface area contributed by atoms with Gasteiger partial charge in [0, 0.05) is 40.6 Å². The zero-order valence-corrected chi connectivity index (χ0v) is 24.2. The quantitative estimate of drug-likeness (QED) is 0.264. The number of nitrogens with zero attached hydrogens (tertiary/aromatic N) is 6. The van der Waals surface area contributed by atoms with E-state index >= 15 is 0 Å². The van der Waals surface area contributed by atoms with E-state index in [4.69, 9.17) is 24.9 Å². The van der Waals surface area contributed by atoms with Gasteiger partial charge in [-0.05, 0) is 17.3 Å². The molecule has 0 aliphatic carbocycles. The van der Waals surface area contributed by atoms with Crippen molar-refractivity contribution in [2.75, 3.05) is 0 Å². The molecule has 0 aliphatic heterocycles. The van der Waals surface area contributed by atoms with Crippen LogP contribution in [-0.2, 0) is 0 Å². The standard InChI is InChI=1S/C36H26N6Si/c1-5-13-27(14-6-1)31-21-23-39-36(41-31)43(30-19-11-4-12-20-30,33-22-24-38-35(42-33)29-17-9-3-10-18-29)34-26-37-25-32(40-34)28-15-7-2-8-16-28/h1-26H. The van der Waals surface area contributed by atoms with Crippen LogP contribution in [0.5, 0.6) is 0 Å². The van der Waals surface area contributed by atoms with Crippen LogP contribution in [-0.4, -0.2) is 38.0 Å². The SMILES string of the molecule is c1ccc(-c2cncc([Si](c3ccccc3)(c3ccnc(-c4ccccc4)n3)c3nccc(-c4ccccc4)n3)n2)cc1. The molecule has 0 saturated heterocycles. The van der Waals surface area contributed by atoms with Crippen molar-refractivity contribution in [1.29, 1.82) is 0 Å². The zero-order valence-electron chi connectivity index (χ0n) is 23.2. The number of benzene rings is 4. The van der Waals surface area contributed by atoms with Crippen molar-refractivity contribution < 1.29 is 0 Å². The van der Waals surface area contributed by atoms with Gasteiger partial charge in [0.1, 0.15) is 5.45 Å². The van der Waals surface area contributed by atoms with Crippen molar-refractivity contribution in [2.24, 2.45) is 0 Å². The summed E-state index contributed by atoms with van der Waals surface area (Å²) in [6.07, 6.45) is 7.32. The molecule has 0 amide bonds. The highest BCUT2D eigenvalue weighted by Gasteiger charge is 2.48. The van der Waals surface area contributed by atoms with Gasteiger partial charge in [0.25, 0.3) is 8.07 Å². The molecule has 0 bridgehead atoms. The monoisotopic (exact) mass is 570 g/mol. The van der Waals surface area contributed by atoms with Crippen LogP contribution < -0.4 is 21.3 Å². The van der Waals surface area contributed by atoms with Crippen molar-refractivity contribution in [1.82, 2.24) is 29.9 Å². The van der Waals surface area contributed by atoms with E-state index in [0.717, 1.165) is 43.9 Å². The molecule has 7 aromatic rings. The number of rotatable bonds is 7. The maximum atomic E-state index is 5.31. The molecule has 7 rings (SSSR count). The van der Waals surface area contributed by atoms with E-state index in [9.17, 15) is 0 Å². The van der Waals surface area contributed by atoms with Crippen LogP contribution in [0.2, 0.25) is 0 Å². The summed E-state index contributed by atoms with van der Waals surface area (Å²) < 4.78 is 0. The molecule has 0 spiro atoms. The first-order valence-corrected chi connectivity index (χ1v) is 16.0. The Morgan fingerprint density at radius 1 is 0.419 bits per heavy atom. The molecule has 4 aromatic carbocycles. The summed E-state index contributed by atoms with van der Waals surface area (Å²) in [5, 5.41) is 2.68. The van der Waals surface area contributed by atoms with Gasteiger partial charge >= 0.3 is 0 Å². The van der Waals surface area contributed by atoms with Gasteiger partial charge in [-0.3, -0.25) is 9.97 Å². The maximum absolute atomic E-state index is 5.31. The lowest BCUT2D eigenvalue weighted by Gasteiger charge is -2.30. The predicted octanol–water partition coefficient (Wildman–Crippen LogP) is 4.44. The molecule has 0 N–H and O–H groups in total. The summed E-state index contributed by atoms with van der Waals surface area (Å²) in [6, 6.07) is 44.6. The molecule has 1 atom stereocenters. The van der Waals surface area contributed by atoms with Crippen molar-refractivity contribution in [3.8, 4) is 33.9 Å². The summed E-state index contributed by atoms with van der Waals surface area (Å²) in [6.45, 7) is 0. The number of aromatic nitrogens is 6. The second-order valence-corrected chi connectivity index (χ2v) is 13.6. The Labute approximate surface area is 250 Å². The molecule has 43 heavy (non-hydrogen) atoms. The molecule has 7 heteroatoms. The largest absolute Gasteiger partial charge is 0.269 e. The molecule has 3 heterocycles. The van der Waals surface area contributed by atoms with Gasteiger partial charge in [0.2, 0.25) is 0 Å². The lowest BCUT2D eigenvalue weighted by Crippen LogP contribution is -2.77. The van der Waals surface area contributed by atoms with Crippen LogP contribution >= 0.6 is 0 Å². The van der Waals surface area contributed by atoms with E-state index in [-0.39, 0.29) is 0 Å². The molecule has 6 nitrogen and oxygen atoms in total. The Morgan fingerprint density at radius 2 is 1.00 bits per heavy atom. The molecular weight excluding hydrogens is 545 g/mol. The fraction of sp³-hybridized carbons (Fsp3) is 0. The van der Waals surface area contributed by atoms with Gasteiger partial charge < -0.3 is 0 Å². The summed E-state index contributed by atoms with van der Waals surface area (Å²) in [5.74, 6) is 0.636. The highest BCUT2D eigenvalue weighted by Crippen LogP contribution is 2.18. The Balaban J connectivity index is 1.56. The van der Waals surface area contributed by atoms with Gasteiger partial charge in [-0.2, -0.15) is 0 Å². The van der Waals surface area contributed by atoms with Gasteiger partial charge in [-0.25, -0.2) is 19.9 Å². The van der Waals surface area contributed by atoms with Crippen LogP contribution in [0, 0.1) is 0 Å². The number of hydrogen-bond acceptors (Lipinski definition) is 6. The topological polar surface area (TPSA) is 77.3 Å². The second-order valence-electron chi connectivity index (χ2n) is 10.0. The highest BCUT2D eigenvalue weighted by molar-refractivity contribution is 7.18. The van der Waals surface area contributed by atoms with Crippen LogP contribution in [0.25, 0.3) is 33.9 Å². The Kier molecular flexibility index (Phi) is 7.13. The molecule has 0 saturated carbocycles. The summed E-state index contributed by atoms with van der Waals surface area (Å²) >= 11 is 0. The molecule has 1 unspecified atom stereocenters. The second kappa shape index (κ2) is 11.7. The van der Waals surface area contributed by atoms with Crippen molar-refractivity contribution >= 4 is 29.3 Å². The predicted molar refractivity (Wildman–Crippen MR) is 173 cm³/mol. The molecular formula is C36H26N6Si. The molecule has 3 aromatic heterocycles. The normalized spacial score (nSPS) is 12.4. The molecule has 0 aliphatic rings. The van der Waals surface area contributed by atoms with Crippen LogP contribution in [0.3, 0.4) is 0 Å². The minimum atomic E-state index is -3.34. The minimum absolute atomic E-state index is 0.636. The molecule has 0 fully saturated rings.